The lowest BCUT2D eigenvalue weighted by Gasteiger charge is -2.35. The highest BCUT2D eigenvalue weighted by Gasteiger charge is 2.21. The average molecular weight is 527 g/mol. The van der Waals surface area contributed by atoms with E-state index in [9.17, 15) is 0 Å². The molecule has 0 spiro atoms. The monoisotopic (exact) mass is 527 g/mol. The van der Waals surface area contributed by atoms with Gasteiger partial charge in [-0.3, -0.25) is 9.80 Å². The molecule has 2 unspecified atom stereocenters. The van der Waals surface area contributed by atoms with Crippen LogP contribution in [0, 0.1) is 0 Å². The molecule has 0 aliphatic heterocycles. The minimum atomic E-state index is 0.545. The van der Waals surface area contributed by atoms with Crippen LogP contribution in [0.5, 0.6) is 0 Å². The number of ether oxygens (including phenoxy) is 1. The quantitative estimate of drug-likeness (QED) is 0.102. The van der Waals surface area contributed by atoms with Crippen molar-refractivity contribution in [1.82, 2.24) is 19.6 Å². The van der Waals surface area contributed by atoms with Crippen molar-refractivity contribution in [2.45, 2.75) is 132 Å². The summed E-state index contributed by atoms with van der Waals surface area (Å²) in [6, 6.07) is 1.09. The number of rotatable bonds is 28. The maximum absolute atomic E-state index is 6.65. The van der Waals surface area contributed by atoms with Crippen molar-refractivity contribution in [1.29, 1.82) is 0 Å². The molecule has 5 heteroatoms. The second-order valence-corrected chi connectivity index (χ2v) is 10.9. The minimum absolute atomic E-state index is 0.545. The molecule has 0 saturated carbocycles. The van der Waals surface area contributed by atoms with E-state index in [2.05, 4.69) is 75.0 Å². The summed E-state index contributed by atoms with van der Waals surface area (Å²) in [6.45, 7) is 31.7. The highest BCUT2D eigenvalue weighted by Crippen LogP contribution is 2.15. The van der Waals surface area contributed by atoms with E-state index >= 15 is 0 Å². The first-order chi connectivity index (χ1) is 18.0. The fraction of sp³-hybridized carbons (Fsp3) is 1.00. The van der Waals surface area contributed by atoms with E-state index in [0.717, 1.165) is 65.6 Å². The van der Waals surface area contributed by atoms with Gasteiger partial charge in [0.2, 0.25) is 0 Å². The summed E-state index contributed by atoms with van der Waals surface area (Å²) < 4.78 is 6.65. The van der Waals surface area contributed by atoms with Crippen LogP contribution in [0.15, 0.2) is 0 Å². The van der Waals surface area contributed by atoms with E-state index in [-0.39, 0.29) is 0 Å². The number of nitrogens with zero attached hydrogens (tertiary/aromatic N) is 4. The molecular formula is C32H70N4O. The molecule has 0 saturated heterocycles. The minimum Gasteiger partial charge on any atom is -0.378 e. The second kappa shape index (κ2) is 26.0. The van der Waals surface area contributed by atoms with Gasteiger partial charge in [0.1, 0.15) is 0 Å². The van der Waals surface area contributed by atoms with E-state index in [1.807, 2.05) is 0 Å². The first kappa shape index (κ1) is 36.8. The molecule has 2 atom stereocenters. The molecule has 224 valence electrons. The van der Waals surface area contributed by atoms with Gasteiger partial charge in [-0.15, -0.1) is 0 Å². The maximum Gasteiger partial charge on any atom is 0.0622 e. The fourth-order valence-corrected chi connectivity index (χ4v) is 5.51. The molecule has 5 nitrogen and oxygen atoms in total. The summed E-state index contributed by atoms with van der Waals surface area (Å²) in [5, 5.41) is 0. The number of hydrogen-bond acceptors (Lipinski definition) is 5. The van der Waals surface area contributed by atoms with Crippen LogP contribution in [-0.2, 0) is 4.74 Å². The van der Waals surface area contributed by atoms with Gasteiger partial charge in [-0.05, 0) is 52.1 Å². The number of hydrogen-bond donors (Lipinski definition) is 0. The SMILES string of the molecule is CCCCCCC(COCC(CCCCCC)N(CC)CCN(CC)CC)N(CC)CCN(CC)CC. The summed E-state index contributed by atoms with van der Waals surface area (Å²) in [5.41, 5.74) is 0. The summed E-state index contributed by atoms with van der Waals surface area (Å²) in [5.74, 6) is 0. The molecule has 0 rings (SSSR count). The first-order valence-corrected chi connectivity index (χ1v) is 16.5. The van der Waals surface area contributed by atoms with Gasteiger partial charge >= 0.3 is 0 Å². The van der Waals surface area contributed by atoms with Gasteiger partial charge in [0.05, 0.1) is 13.2 Å². The molecule has 0 aliphatic rings. The molecule has 0 fully saturated rings. The Bertz CT molecular complexity index is 416. The molecule has 0 bridgehead atoms. The Balaban J connectivity index is 5.18. The lowest BCUT2D eigenvalue weighted by atomic mass is 10.1. The summed E-state index contributed by atoms with van der Waals surface area (Å²) in [6.07, 6.45) is 13.2. The Labute approximate surface area is 234 Å². The van der Waals surface area contributed by atoms with Crippen LogP contribution in [-0.4, -0.2) is 110 Å². The Morgan fingerprint density at radius 1 is 0.432 bits per heavy atom. The molecular weight excluding hydrogens is 456 g/mol. The molecule has 0 aromatic heterocycles. The zero-order valence-electron chi connectivity index (χ0n) is 26.9. The van der Waals surface area contributed by atoms with Gasteiger partial charge in [-0.1, -0.05) is 107 Å². The van der Waals surface area contributed by atoms with Crippen molar-refractivity contribution in [3.63, 3.8) is 0 Å². The van der Waals surface area contributed by atoms with Crippen LogP contribution in [0.2, 0.25) is 0 Å². The van der Waals surface area contributed by atoms with Crippen LogP contribution in [0.25, 0.3) is 0 Å². The molecule has 0 heterocycles. The first-order valence-electron chi connectivity index (χ1n) is 16.5. The van der Waals surface area contributed by atoms with E-state index < -0.39 is 0 Å². The highest BCUT2D eigenvalue weighted by molar-refractivity contribution is 4.76. The van der Waals surface area contributed by atoms with Gasteiger partial charge in [0.25, 0.3) is 0 Å². The zero-order valence-corrected chi connectivity index (χ0v) is 26.9. The summed E-state index contributed by atoms with van der Waals surface area (Å²) in [4.78, 5) is 10.5. The van der Waals surface area contributed by atoms with Crippen LogP contribution in [0.4, 0.5) is 0 Å². The molecule has 0 aliphatic carbocycles. The fourth-order valence-electron chi connectivity index (χ4n) is 5.51. The van der Waals surface area contributed by atoms with E-state index in [0.29, 0.717) is 12.1 Å². The third-order valence-corrected chi connectivity index (χ3v) is 8.44. The largest absolute Gasteiger partial charge is 0.378 e. The van der Waals surface area contributed by atoms with Gasteiger partial charge in [0.15, 0.2) is 0 Å². The predicted octanol–water partition coefficient (Wildman–Crippen LogP) is 7.01. The van der Waals surface area contributed by atoms with Gasteiger partial charge in [-0.2, -0.15) is 0 Å². The molecule has 0 N–H and O–H groups in total. The third kappa shape index (κ3) is 17.9. The van der Waals surface area contributed by atoms with E-state index in [4.69, 9.17) is 4.74 Å². The van der Waals surface area contributed by atoms with Gasteiger partial charge in [0, 0.05) is 38.3 Å². The maximum atomic E-state index is 6.65. The van der Waals surface area contributed by atoms with Gasteiger partial charge in [-0.25, -0.2) is 0 Å². The molecule has 0 aromatic rings. The Kier molecular flexibility index (Phi) is 25.9. The van der Waals surface area contributed by atoms with Crippen molar-refractivity contribution in [2.24, 2.45) is 0 Å². The zero-order chi connectivity index (χ0) is 27.7. The number of likely N-dealkylation sites (N-methyl/N-ethyl adjacent to an activating group) is 4. The third-order valence-electron chi connectivity index (χ3n) is 8.44. The topological polar surface area (TPSA) is 22.2 Å². The van der Waals surface area contributed by atoms with Crippen molar-refractivity contribution >= 4 is 0 Å². The Morgan fingerprint density at radius 2 is 0.811 bits per heavy atom. The van der Waals surface area contributed by atoms with Crippen molar-refractivity contribution in [3.8, 4) is 0 Å². The molecule has 0 aromatic carbocycles. The smallest absolute Gasteiger partial charge is 0.0622 e. The van der Waals surface area contributed by atoms with Crippen LogP contribution in [0.1, 0.15) is 120 Å². The second-order valence-electron chi connectivity index (χ2n) is 10.9. The Hall–Kier alpha value is -0.200. The van der Waals surface area contributed by atoms with Crippen molar-refractivity contribution in [2.75, 3.05) is 78.7 Å². The lowest BCUT2D eigenvalue weighted by Crippen LogP contribution is -2.45. The molecule has 0 radical (unpaired) electrons. The molecule has 37 heavy (non-hydrogen) atoms. The van der Waals surface area contributed by atoms with E-state index in [1.165, 1.54) is 77.3 Å². The van der Waals surface area contributed by atoms with E-state index in [1.54, 1.807) is 0 Å². The Morgan fingerprint density at radius 3 is 1.11 bits per heavy atom. The molecule has 0 amide bonds. The van der Waals surface area contributed by atoms with Crippen LogP contribution in [0.3, 0.4) is 0 Å². The van der Waals surface area contributed by atoms with Crippen LogP contribution < -0.4 is 0 Å². The van der Waals surface area contributed by atoms with Crippen molar-refractivity contribution in [3.05, 3.63) is 0 Å². The summed E-state index contributed by atoms with van der Waals surface area (Å²) >= 11 is 0. The standard InChI is InChI=1S/C32H70N4O/c1-9-17-19-21-23-31(35(15-7)27-25-33(11-3)12-4)29-37-30-32(24-22-20-18-10-2)36(16-8)28-26-34(13-5)14-6/h31-32H,9-30H2,1-8H3. The van der Waals surface area contributed by atoms with Crippen LogP contribution >= 0.6 is 0 Å². The van der Waals surface area contributed by atoms with Gasteiger partial charge < -0.3 is 14.5 Å². The highest BCUT2D eigenvalue weighted by atomic mass is 16.5. The summed E-state index contributed by atoms with van der Waals surface area (Å²) in [7, 11) is 0. The normalized spacial score (nSPS) is 13.9. The van der Waals surface area contributed by atoms with Crippen molar-refractivity contribution < 1.29 is 4.74 Å². The average Bonchev–Trinajstić information content (AvgIpc) is 2.92. The lowest BCUT2D eigenvalue weighted by molar-refractivity contribution is 0.0141. The predicted molar refractivity (Wildman–Crippen MR) is 166 cm³/mol. The number of unbranched alkanes of at least 4 members (excludes halogenated alkanes) is 6.